The average molecular weight is 404 g/mol. The van der Waals surface area contributed by atoms with Gasteiger partial charge in [0.15, 0.2) is 0 Å². The number of rotatable bonds is 4. The molecule has 1 amide bonds. The molecule has 128 valence electrons. The highest BCUT2D eigenvalue weighted by molar-refractivity contribution is 9.10. The number of halogens is 1. The van der Waals surface area contributed by atoms with Crippen molar-refractivity contribution in [2.75, 3.05) is 19.5 Å². The monoisotopic (exact) mass is 403 g/mol. The van der Waals surface area contributed by atoms with Crippen LogP contribution in [0.2, 0.25) is 0 Å². The number of hydrogen-bond donors (Lipinski definition) is 1. The summed E-state index contributed by atoms with van der Waals surface area (Å²) in [5, 5.41) is 3.29. The van der Waals surface area contributed by atoms with Gasteiger partial charge in [-0.1, -0.05) is 15.9 Å². The van der Waals surface area contributed by atoms with Crippen LogP contribution in [0.4, 0.5) is 5.69 Å². The second kappa shape index (κ2) is 6.98. The first kappa shape index (κ1) is 17.0. The molecule has 3 rings (SSSR count). The zero-order valence-electron chi connectivity index (χ0n) is 13.5. The largest absolute Gasteiger partial charge is 0.497 e. The number of anilines is 1. The number of methoxy groups -OCH3 is 2. The fourth-order valence-electron chi connectivity index (χ4n) is 2.35. The van der Waals surface area contributed by atoms with Crippen LogP contribution in [0, 0.1) is 0 Å². The first-order valence-electron chi connectivity index (χ1n) is 7.28. The van der Waals surface area contributed by atoms with Crippen LogP contribution in [0.25, 0.3) is 11.0 Å². The van der Waals surface area contributed by atoms with Gasteiger partial charge in [0.25, 0.3) is 5.91 Å². The Morgan fingerprint density at radius 1 is 1.08 bits per heavy atom. The van der Waals surface area contributed by atoms with E-state index in [0.717, 1.165) is 4.47 Å². The summed E-state index contributed by atoms with van der Waals surface area (Å²) in [4.78, 5) is 24.7. The lowest BCUT2D eigenvalue weighted by Gasteiger charge is -2.11. The van der Waals surface area contributed by atoms with Crippen molar-refractivity contribution in [3.05, 3.63) is 62.9 Å². The molecule has 0 bridgehead atoms. The number of carbonyl (C=O) groups excluding carboxylic acids is 1. The van der Waals surface area contributed by atoms with Crippen LogP contribution in [0.15, 0.2) is 56.1 Å². The third-order valence-electron chi connectivity index (χ3n) is 3.59. The maximum Gasteiger partial charge on any atom is 0.349 e. The minimum Gasteiger partial charge on any atom is -0.497 e. The number of ether oxygens (including phenoxy) is 2. The number of benzene rings is 2. The van der Waals surface area contributed by atoms with Crippen molar-refractivity contribution in [2.24, 2.45) is 0 Å². The molecule has 25 heavy (non-hydrogen) atoms. The molecule has 7 heteroatoms. The van der Waals surface area contributed by atoms with E-state index in [2.05, 4.69) is 21.2 Å². The Kier molecular flexibility index (Phi) is 4.76. The molecule has 1 aromatic heterocycles. The molecule has 1 N–H and O–H groups in total. The molecule has 0 aliphatic heterocycles. The number of amides is 1. The minimum absolute atomic E-state index is 0.101. The number of fused-ring (bicyclic) bond motifs is 1. The molecule has 6 nitrogen and oxygen atoms in total. The van der Waals surface area contributed by atoms with Crippen LogP contribution in [-0.2, 0) is 0 Å². The highest BCUT2D eigenvalue weighted by atomic mass is 79.9. The summed E-state index contributed by atoms with van der Waals surface area (Å²) in [6.07, 6.45) is 0. The summed E-state index contributed by atoms with van der Waals surface area (Å²) >= 11 is 3.35. The Morgan fingerprint density at radius 3 is 2.60 bits per heavy atom. The first-order valence-corrected chi connectivity index (χ1v) is 8.08. The molecule has 1 heterocycles. The molecule has 3 aromatic rings. The number of carbonyl (C=O) groups is 1. The van der Waals surface area contributed by atoms with Gasteiger partial charge in [-0.15, -0.1) is 0 Å². The summed E-state index contributed by atoms with van der Waals surface area (Å²) < 4.78 is 16.4. The zero-order chi connectivity index (χ0) is 18.0. The minimum atomic E-state index is -0.714. The van der Waals surface area contributed by atoms with Gasteiger partial charge in [-0.2, -0.15) is 0 Å². The van der Waals surface area contributed by atoms with Gasteiger partial charge >= 0.3 is 5.63 Å². The molecular weight excluding hydrogens is 390 g/mol. The predicted molar refractivity (Wildman–Crippen MR) is 97.7 cm³/mol. The molecule has 0 unspecified atom stereocenters. The van der Waals surface area contributed by atoms with Gasteiger partial charge in [0.1, 0.15) is 22.6 Å². The lowest BCUT2D eigenvalue weighted by molar-refractivity contribution is 0.102. The molecule has 0 spiro atoms. The number of hydrogen-bond acceptors (Lipinski definition) is 5. The molecule has 0 atom stereocenters. The van der Waals surface area contributed by atoms with E-state index < -0.39 is 11.5 Å². The average Bonchev–Trinajstić information content (AvgIpc) is 2.61. The van der Waals surface area contributed by atoms with Gasteiger partial charge in [0.05, 0.1) is 19.9 Å². The lowest BCUT2D eigenvalue weighted by Crippen LogP contribution is -2.21. The van der Waals surface area contributed by atoms with Gasteiger partial charge in [0.2, 0.25) is 0 Å². The van der Waals surface area contributed by atoms with Gasteiger partial charge in [-0.3, -0.25) is 4.79 Å². The summed E-state index contributed by atoms with van der Waals surface area (Å²) in [7, 11) is 3.00. The summed E-state index contributed by atoms with van der Waals surface area (Å²) in [5.41, 5.74) is -0.0195. The van der Waals surface area contributed by atoms with E-state index in [1.54, 1.807) is 36.4 Å². The van der Waals surface area contributed by atoms with Gasteiger partial charge in [-0.25, -0.2) is 4.79 Å². The molecule has 0 saturated heterocycles. The van der Waals surface area contributed by atoms with Crippen molar-refractivity contribution in [1.82, 2.24) is 0 Å². The van der Waals surface area contributed by atoms with Crippen LogP contribution in [0.3, 0.4) is 0 Å². The fraction of sp³-hybridized carbons (Fsp3) is 0.111. The van der Waals surface area contributed by atoms with Crippen molar-refractivity contribution in [2.45, 2.75) is 0 Å². The highest BCUT2D eigenvalue weighted by Gasteiger charge is 2.16. The molecule has 0 saturated carbocycles. The van der Waals surface area contributed by atoms with Crippen LogP contribution >= 0.6 is 15.9 Å². The van der Waals surface area contributed by atoms with E-state index in [4.69, 9.17) is 13.9 Å². The molecule has 0 radical (unpaired) electrons. The quantitative estimate of drug-likeness (QED) is 0.669. The van der Waals surface area contributed by atoms with E-state index >= 15 is 0 Å². The van der Waals surface area contributed by atoms with Crippen molar-refractivity contribution in [3.63, 3.8) is 0 Å². The maximum absolute atomic E-state index is 12.6. The second-order valence-electron chi connectivity index (χ2n) is 5.15. The Bertz CT molecular complexity index is 1010. The highest BCUT2D eigenvalue weighted by Crippen LogP contribution is 2.29. The van der Waals surface area contributed by atoms with Crippen LogP contribution in [-0.4, -0.2) is 20.1 Å². The molecule has 0 aliphatic rings. The first-order chi connectivity index (χ1) is 12.0. The maximum atomic E-state index is 12.6. The van der Waals surface area contributed by atoms with E-state index in [1.807, 2.05) is 0 Å². The zero-order valence-corrected chi connectivity index (χ0v) is 15.0. The van der Waals surface area contributed by atoms with Crippen molar-refractivity contribution >= 4 is 38.5 Å². The Morgan fingerprint density at radius 2 is 1.88 bits per heavy atom. The van der Waals surface area contributed by atoms with E-state index in [0.29, 0.717) is 28.2 Å². The Balaban J connectivity index is 2.00. The normalized spacial score (nSPS) is 10.5. The van der Waals surface area contributed by atoms with E-state index in [-0.39, 0.29) is 5.56 Å². The Hall–Kier alpha value is -2.80. The Labute approximate surface area is 151 Å². The number of nitrogens with one attached hydrogen (secondary N) is 1. The molecule has 0 aliphatic carbocycles. The summed E-state index contributed by atoms with van der Waals surface area (Å²) in [5.74, 6) is 0.398. The van der Waals surface area contributed by atoms with Crippen LogP contribution < -0.4 is 20.4 Å². The predicted octanol–water partition coefficient (Wildman–Crippen LogP) is 3.83. The van der Waals surface area contributed by atoms with Crippen molar-refractivity contribution in [3.8, 4) is 11.5 Å². The summed E-state index contributed by atoms with van der Waals surface area (Å²) in [6, 6.07) is 11.6. The second-order valence-corrected chi connectivity index (χ2v) is 6.07. The van der Waals surface area contributed by atoms with Crippen LogP contribution in [0.1, 0.15) is 10.4 Å². The standard InChI is InChI=1S/C18H14BrNO5/c1-23-12-4-6-16(24-2)14(9-12)20-17(21)13-8-10-7-11(19)3-5-15(10)25-18(13)22/h3-9H,1-2H3,(H,20,21). The van der Waals surface area contributed by atoms with Gasteiger partial charge < -0.3 is 19.2 Å². The third-order valence-corrected chi connectivity index (χ3v) is 4.09. The molecular formula is C18H14BrNO5. The van der Waals surface area contributed by atoms with E-state index in [9.17, 15) is 9.59 Å². The van der Waals surface area contributed by atoms with Crippen LogP contribution in [0.5, 0.6) is 11.5 Å². The SMILES string of the molecule is COc1ccc(OC)c(NC(=O)c2cc3cc(Br)ccc3oc2=O)c1. The van der Waals surface area contributed by atoms with Crippen molar-refractivity contribution in [1.29, 1.82) is 0 Å². The lowest BCUT2D eigenvalue weighted by atomic mass is 10.1. The molecule has 2 aromatic carbocycles. The smallest absolute Gasteiger partial charge is 0.349 e. The summed E-state index contributed by atoms with van der Waals surface area (Å²) in [6.45, 7) is 0. The van der Waals surface area contributed by atoms with Crippen molar-refractivity contribution < 1.29 is 18.7 Å². The topological polar surface area (TPSA) is 77.8 Å². The van der Waals surface area contributed by atoms with Gasteiger partial charge in [-0.05, 0) is 36.4 Å². The van der Waals surface area contributed by atoms with Gasteiger partial charge in [0, 0.05) is 15.9 Å². The fourth-order valence-corrected chi connectivity index (χ4v) is 2.73. The third kappa shape index (κ3) is 3.51. The van der Waals surface area contributed by atoms with E-state index in [1.165, 1.54) is 20.3 Å². The molecule has 0 fully saturated rings.